The molecule has 1 aromatic carbocycles. The van der Waals surface area contributed by atoms with Gasteiger partial charge in [0.15, 0.2) is 5.69 Å². The van der Waals surface area contributed by atoms with Crippen molar-refractivity contribution in [2.45, 2.75) is 0 Å². The number of methoxy groups -OCH3 is 1. The molecule has 0 amide bonds. The smallest absolute Gasteiger partial charge is 0.314 e. The maximum Gasteiger partial charge on any atom is 0.314 e. The number of aromatic nitrogens is 2. The number of nitrogens with zero attached hydrogens (tertiary/aromatic N) is 2. The van der Waals surface area contributed by atoms with E-state index in [-0.39, 0.29) is 0 Å². The number of hydrogen-bond donors (Lipinski definition) is 0. The zero-order chi connectivity index (χ0) is 10.3. The molecule has 0 aromatic heterocycles. The Bertz CT molecular complexity index is 588. The van der Waals surface area contributed by atoms with Crippen LogP contribution in [-0.2, 0) is 0 Å². The first-order valence-corrected chi connectivity index (χ1v) is 4.57. The van der Waals surface area contributed by atoms with Gasteiger partial charge in [0, 0.05) is 10.9 Å². The lowest BCUT2D eigenvalue weighted by molar-refractivity contribution is 0.311. The molecule has 0 fully saturated rings. The van der Waals surface area contributed by atoms with Crippen LogP contribution in [0.15, 0.2) is 34.9 Å². The molecule has 0 atom stereocenters. The molecule has 3 rings (SSSR count). The normalized spacial score (nSPS) is 11.0. The van der Waals surface area contributed by atoms with Crippen molar-refractivity contribution >= 4 is 11.0 Å². The lowest BCUT2D eigenvalue weighted by Crippen LogP contribution is -1.89. The molecule has 2 aliphatic heterocycles. The second-order valence-electron chi connectivity index (χ2n) is 3.20. The summed E-state index contributed by atoms with van der Waals surface area (Å²) in [5, 5.41) is 8.84. The lowest BCUT2D eigenvalue weighted by atomic mass is 10.1. The van der Waals surface area contributed by atoms with Gasteiger partial charge < -0.3 is 9.15 Å². The van der Waals surface area contributed by atoms with Gasteiger partial charge in [-0.25, -0.2) is 0 Å². The first kappa shape index (κ1) is 8.23. The molecule has 0 saturated carbocycles. The average molecular weight is 200 g/mol. The van der Waals surface area contributed by atoms with Gasteiger partial charge in [-0.1, -0.05) is 18.2 Å². The van der Waals surface area contributed by atoms with E-state index in [4.69, 9.17) is 9.15 Å². The molecular formula is C11H8N2O2. The van der Waals surface area contributed by atoms with Gasteiger partial charge in [-0.05, 0) is 6.07 Å². The van der Waals surface area contributed by atoms with Crippen LogP contribution in [0.4, 0.5) is 0 Å². The van der Waals surface area contributed by atoms with Crippen LogP contribution in [0.1, 0.15) is 0 Å². The Morgan fingerprint density at radius 3 is 3.00 bits per heavy atom. The second-order valence-corrected chi connectivity index (χ2v) is 3.20. The van der Waals surface area contributed by atoms with E-state index in [1.54, 1.807) is 13.3 Å². The molecule has 0 spiro atoms. The summed E-state index contributed by atoms with van der Waals surface area (Å²) in [5.74, 6) is 0.404. The van der Waals surface area contributed by atoms with Gasteiger partial charge in [0.25, 0.3) is 0 Å². The average Bonchev–Trinajstić information content (AvgIpc) is 2.77. The number of rotatable bonds is 1. The summed E-state index contributed by atoms with van der Waals surface area (Å²) in [4.78, 5) is 0. The fourth-order valence-electron chi connectivity index (χ4n) is 1.67. The van der Waals surface area contributed by atoms with E-state index in [0.29, 0.717) is 11.6 Å². The standard InChI is InChI=1S/C11H8N2O2/c1-14-11-10-8(6-12-13-10)7-4-2-3-5-9(7)15-11/h2-6H,1H3. The molecule has 74 valence electrons. The van der Waals surface area contributed by atoms with Crippen LogP contribution in [0.3, 0.4) is 0 Å². The Balaban J connectivity index is 2.50. The molecule has 15 heavy (non-hydrogen) atoms. The molecule has 0 aliphatic carbocycles. The Morgan fingerprint density at radius 2 is 2.13 bits per heavy atom. The number of benzene rings is 1. The van der Waals surface area contributed by atoms with E-state index in [1.165, 1.54) is 0 Å². The fraction of sp³-hybridized carbons (Fsp3) is 0.0909. The van der Waals surface area contributed by atoms with Gasteiger partial charge in [0.05, 0.1) is 13.3 Å². The number of fused-ring (bicyclic) bond motifs is 3. The van der Waals surface area contributed by atoms with Crippen molar-refractivity contribution in [1.29, 1.82) is 0 Å². The molecule has 2 aliphatic rings. The molecule has 0 saturated heterocycles. The van der Waals surface area contributed by atoms with Gasteiger partial charge in [0.1, 0.15) is 5.58 Å². The van der Waals surface area contributed by atoms with E-state index in [9.17, 15) is 0 Å². The fourth-order valence-corrected chi connectivity index (χ4v) is 1.67. The summed E-state index contributed by atoms with van der Waals surface area (Å²) in [6, 6.07) is 7.74. The number of hydrogen-bond acceptors (Lipinski definition) is 4. The maximum absolute atomic E-state index is 5.56. The highest BCUT2D eigenvalue weighted by Crippen LogP contribution is 2.36. The lowest BCUT2D eigenvalue weighted by Gasteiger charge is -2.06. The van der Waals surface area contributed by atoms with Crippen LogP contribution in [0, 0.1) is 0 Å². The van der Waals surface area contributed by atoms with Crippen LogP contribution in [-0.4, -0.2) is 17.3 Å². The topological polar surface area (TPSA) is 48.2 Å². The van der Waals surface area contributed by atoms with Crippen molar-refractivity contribution < 1.29 is 9.15 Å². The van der Waals surface area contributed by atoms with Crippen molar-refractivity contribution in [3.63, 3.8) is 0 Å². The molecule has 0 bridgehead atoms. The third kappa shape index (κ3) is 1.08. The Kier molecular flexibility index (Phi) is 1.62. The van der Waals surface area contributed by atoms with Crippen molar-refractivity contribution in [3.8, 4) is 17.2 Å². The van der Waals surface area contributed by atoms with Crippen molar-refractivity contribution in [3.05, 3.63) is 30.5 Å². The quantitative estimate of drug-likeness (QED) is 0.604. The van der Waals surface area contributed by atoms with E-state index in [1.807, 2.05) is 24.3 Å². The van der Waals surface area contributed by atoms with Crippen LogP contribution in [0.5, 0.6) is 5.95 Å². The molecule has 0 radical (unpaired) electrons. The van der Waals surface area contributed by atoms with Gasteiger partial charge in [-0.2, -0.15) is 5.10 Å². The maximum atomic E-state index is 5.56. The zero-order valence-electron chi connectivity index (χ0n) is 8.10. The summed E-state index contributed by atoms with van der Waals surface area (Å²) in [5.41, 5.74) is 2.39. The summed E-state index contributed by atoms with van der Waals surface area (Å²) in [7, 11) is 1.56. The van der Waals surface area contributed by atoms with Gasteiger partial charge in [-0.15, -0.1) is 5.10 Å². The van der Waals surface area contributed by atoms with E-state index >= 15 is 0 Å². The third-order valence-corrected chi connectivity index (χ3v) is 2.36. The van der Waals surface area contributed by atoms with Crippen LogP contribution >= 0.6 is 0 Å². The Morgan fingerprint density at radius 1 is 1.27 bits per heavy atom. The Labute approximate surface area is 85.8 Å². The summed E-state index contributed by atoms with van der Waals surface area (Å²) < 4.78 is 10.7. The summed E-state index contributed by atoms with van der Waals surface area (Å²) in [6.07, 6.45) is 1.72. The summed E-state index contributed by atoms with van der Waals surface area (Å²) >= 11 is 0. The summed E-state index contributed by atoms with van der Waals surface area (Å²) in [6.45, 7) is 0. The van der Waals surface area contributed by atoms with Gasteiger partial charge in [0.2, 0.25) is 0 Å². The molecule has 0 N–H and O–H groups in total. The third-order valence-electron chi connectivity index (χ3n) is 2.36. The largest absolute Gasteiger partial charge is 0.467 e. The van der Waals surface area contributed by atoms with Crippen molar-refractivity contribution in [2.24, 2.45) is 0 Å². The minimum absolute atomic E-state index is 0.404. The zero-order valence-corrected chi connectivity index (χ0v) is 8.10. The molecule has 0 unspecified atom stereocenters. The van der Waals surface area contributed by atoms with Crippen molar-refractivity contribution in [1.82, 2.24) is 10.2 Å². The van der Waals surface area contributed by atoms with Gasteiger partial charge in [-0.3, -0.25) is 0 Å². The monoisotopic (exact) mass is 200 g/mol. The minimum Gasteiger partial charge on any atom is -0.467 e. The minimum atomic E-state index is 0.404. The molecule has 4 heteroatoms. The molecule has 4 nitrogen and oxygen atoms in total. The van der Waals surface area contributed by atoms with E-state index in [2.05, 4.69) is 10.2 Å². The highest BCUT2D eigenvalue weighted by Gasteiger charge is 2.18. The number of para-hydroxylation sites is 1. The van der Waals surface area contributed by atoms with Crippen molar-refractivity contribution in [2.75, 3.05) is 7.11 Å². The first-order chi connectivity index (χ1) is 7.40. The highest BCUT2D eigenvalue weighted by molar-refractivity contribution is 5.94. The number of ether oxygens (including phenoxy) is 1. The first-order valence-electron chi connectivity index (χ1n) is 4.57. The van der Waals surface area contributed by atoms with Crippen LogP contribution in [0.25, 0.3) is 22.2 Å². The molecular weight excluding hydrogens is 192 g/mol. The SMILES string of the molecule is COc1oc2ccccc2c2cnnc1-2. The van der Waals surface area contributed by atoms with E-state index in [0.717, 1.165) is 16.5 Å². The van der Waals surface area contributed by atoms with E-state index < -0.39 is 0 Å². The Hall–Kier alpha value is -2.10. The highest BCUT2D eigenvalue weighted by atomic mass is 16.6. The van der Waals surface area contributed by atoms with Crippen LogP contribution < -0.4 is 4.74 Å². The predicted molar refractivity (Wildman–Crippen MR) is 55.0 cm³/mol. The van der Waals surface area contributed by atoms with Gasteiger partial charge >= 0.3 is 5.95 Å². The second kappa shape index (κ2) is 2.95. The van der Waals surface area contributed by atoms with Crippen LogP contribution in [0.2, 0.25) is 0 Å². The molecule has 1 aromatic rings. The predicted octanol–water partition coefficient (Wildman–Crippen LogP) is 2.34. The molecule has 2 heterocycles.